The van der Waals surface area contributed by atoms with E-state index in [1.54, 1.807) is 31.2 Å². The Hall–Kier alpha value is -3.34. The van der Waals surface area contributed by atoms with Crippen molar-refractivity contribution in [1.29, 1.82) is 0 Å². The summed E-state index contributed by atoms with van der Waals surface area (Å²) in [5.74, 6) is -1.57. The third kappa shape index (κ3) is 3.29. The lowest BCUT2D eigenvalue weighted by Crippen LogP contribution is -2.60. The standard InChI is InChI=1S/C25H22O9/c1-10-6-13-17(14(27)7-10)22(30)19-15(8-11-4-2-3-5-12(11)18(19)20(13)28)33-25-24(32)23(31)21(29)16(9-26)34-25/h2-8,16,21,23-27,29,31-32H,9H2,1H3. The third-order valence-corrected chi connectivity index (χ3v) is 6.29. The van der Waals surface area contributed by atoms with Crippen molar-refractivity contribution in [2.24, 2.45) is 0 Å². The minimum absolute atomic E-state index is 0.0742. The molecule has 0 aromatic heterocycles. The third-order valence-electron chi connectivity index (χ3n) is 6.29. The first kappa shape index (κ1) is 22.5. The maximum absolute atomic E-state index is 13.6. The molecule has 0 spiro atoms. The summed E-state index contributed by atoms with van der Waals surface area (Å²) in [4.78, 5) is 27.2. The highest BCUT2D eigenvalue weighted by atomic mass is 16.7. The van der Waals surface area contributed by atoms with Gasteiger partial charge in [-0.2, -0.15) is 0 Å². The van der Waals surface area contributed by atoms with Gasteiger partial charge in [0.25, 0.3) is 0 Å². The van der Waals surface area contributed by atoms with Crippen LogP contribution in [0.25, 0.3) is 10.8 Å². The normalized spacial score (nSPS) is 26.3. The number of phenols is 1. The summed E-state index contributed by atoms with van der Waals surface area (Å²) in [5, 5.41) is 51.6. The Balaban J connectivity index is 1.70. The van der Waals surface area contributed by atoms with E-state index in [2.05, 4.69) is 0 Å². The van der Waals surface area contributed by atoms with Gasteiger partial charge in [-0.05, 0) is 41.5 Å². The first-order valence-corrected chi connectivity index (χ1v) is 10.7. The number of aliphatic hydroxyl groups excluding tert-OH is 4. The minimum atomic E-state index is -1.71. The van der Waals surface area contributed by atoms with Crippen LogP contribution in [0.2, 0.25) is 0 Å². The molecule has 5 rings (SSSR count). The number of rotatable bonds is 3. The van der Waals surface area contributed by atoms with E-state index in [-0.39, 0.29) is 33.8 Å². The van der Waals surface area contributed by atoms with Gasteiger partial charge in [-0.15, -0.1) is 0 Å². The molecule has 34 heavy (non-hydrogen) atoms. The quantitative estimate of drug-likeness (QED) is 0.295. The fourth-order valence-electron chi connectivity index (χ4n) is 4.61. The number of aryl methyl sites for hydroxylation is 1. The molecule has 1 aliphatic heterocycles. The van der Waals surface area contributed by atoms with Crippen molar-refractivity contribution < 1.29 is 44.6 Å². The Bertz CT molecular complexity index is 1330. The molecule has 5 N–H and O–H groups in total. The highest BCUT2D eigenvalue weighted by Crippen LogP contribution is 2.42. The number of phenolic OH excluding ortho intramolecular Hbond substituents is 1. The molecule has 5 unspecified atom stereocenters. The molecule has 2 aliphatic rings. The molecule has 1 aliphatic carbocycles. The van der Waals surface area contributed by atoms with Gasteiger partial charge < -0.3 is 35.0 Å². The number of aliphatic hydroxyl groups is 4. The molecular weight excluding hydrogens is 444 g/mol. The van der Waals surface area contributed by atoms with E-state index in [1.165, 1.54) is 18.2 Å². The summed E-state index contributed by atoms with van der Waals surface area (Å²) in [6, 6.07) is 11.3. The molecule has 0 bridgehead atoms. The molecule has 9 nitrogen and oxygen atoms in total. The fraction of sp³-hybridized carbons (Fsp3) is 0.280. The van der Waals surface area contributed by atoms with Crippen LogP contribution < -0.4 is 4.74 Å². The number of ketones is 2. The molecule has 9 heteroatoms. The van der Waals surface area contributed by atoms with E-state index in [1.807, 2.05) is 0 Å². The van der Waals surface area contributed by atoms with E-state index < -0.39 is 48.9 Å². The number of fused-ring (bicyclic) bond motifs is 4. The van der Waals surface area contributed by atoms with Gasteiger partial charge in [0.2, 0.25) is 12.1 Å². The highest BCUT2D eigenvalue weighted by molar-refractivity contribution is 6.33. The maximum atomic E-state index is 13.6. The number of ether oxygens (including phenoxy) is 2. The van der Waals surface area contributed by atoms with E-state index in [9.17, 15) is 35.1 Å². The monoisotopic (exact) mass is 466 g/mol. The van der Waals surface area contributed by atoms with Crippen molar-refractivity contribution in [1.82, 2.24) is 0 Å². The smallest absolute Gasteiger partial charge is 0.229 e. The molecule has 1 fully saturated rings. The fourth-order valence-corrected chi connectivity index (χ4v) is 4.61. The summed E-state index contributed by atoms with van der Waals surface area (Å²) in [5.41, 5.74) is 0.494. The molecule has 0 saturated carbocycles. The second kappa shape index (κ2) is 8.15. The zero-order chi connectivity index (χ0) is 24.3. The van der Waals surface area contributed by atoms with Gasteiger partial charge in [-0.3, -0.25) is 9.59 Å². The summed E-state index contributed by atoms with van der Waals surface area (Å²) in [7, 11) is 0. The summed E-state index contributed by atoms with van der Waals surface area (Å²) < 4.78 is 11.2. The Morgan fingerprint density at radius 3 is 2.38 bits per heavy atom. The van der Waals surface area contributed by atoms with Gasteiger partial charge in [0.15, 0.2) is 5.78 Å². The average Bonchev–Trinajstić information content (AvgIpc) is 2.81. The Morgan fingerprint density at radius 1 is 0.912 bits per heavy atom. The van der Waals surface area contributed by atoms with Crippen LogP contribution in [0.1, 0.15) is 37.4 Å². The second-order valence-corrected chi connectivity index (χ2v) is 8.53. The Labute approximate surface area is 193 Å². The van der Waals surface area contributed by atoms with Crippen molar-refractivity contribution in [3.8, 4) is 11.5 Å². The molecule has 5 atom stereocenters. The number of benzene rings is 3. The summed E-state index contributed by atoms with van der Waals surface area (Å²) in [6.07, 6.45) is -7.75. The molecule has 1 heterocycles. The second-order valence-electron chi connectivity index (χ2n) is 8.53. The van der Waals surface area contributed by atoms with Crippen LogP contribution in [-0.2, 0) is 4.74 Å². The van der Waals surface area contributed by atoms with Crippen LogP contribution in [0.4, 0.5) is 0 Å². The largest absolute Gasteiger partial charge is 0.507 e. The van der Waals surface area contributed by atoms with Crippen molar-refractivity contribution in [3.05, 3.63) is 70.3 Å². The van der Waals surface area contributed by atoms with Crippen molar-refractivity contribution in [3.63, 3.8) is 0 Å². The van der Waals surface area contributed by atoms with E-state index >= 15 is 0 Å². The number of hydrogen-bond acceptors (Lipinski definition) is 9. The summed E-state index contributed by atoms with van der Waals surface area (Å²) in [6.45, 7) is 1.04. The van der Waals surface area contributed by atoms with Gasteiger partial charge in [0.1, 0.15) is 35.9 Å². The number of hydrogen-bond donors (Lipinski definition) is 5. The molecule has 3 aromatic carbocycles. The van der Waals surface area contributed by atoms with Gasteiger partial charge in [0.05, 0.1) is 17.7 Å². The predicted molar refractivity (Wildman–Crippen MR) is 118 cm³/mol. The van der Waals surface area contributed by atoms with Crippen molar-refractivity contribution in [2.75, 3.05) is 6.61 Å². The van der Waals surface area contributed by atoms with Gasteiger partial charge in [0, 0.05) is 11.1 Å². The van der Waals surface area contributed by atoms with Crippen molar-refractivity contribution in [2.45, 2.75) is 37.6 Å². The summed E-state index contributed by atoms with van der Waals surface area (Å²) >= 11 is 0. The number of carbonyl (C=O) groups is 2. The molecule has 176 valence electrons. The lowest BCUT2D eigenvalue weighted by atomic mass is 9.80. The highest BCUT2D eigenvalue weighted by Gasteiger charge is 2.46. The number of carbonyl (C=O) groups excluding carboxylic acids is 2. The van der Waals surface area contributed by atoms with Gasteiger partial charge in [-0.1, -0.05) is 24.3 Å². The predicted octanol–water partition coefficient (Wildman–Crippen LogP) is 0.808. The minimum Gasteiger partial charge on any atom is -0.507 e. The van der Waals surface area contributed by atoms with Crippen LogP contribution in [0.5, 0.6) is 11.5 Å². The van der Waals surface area contributed by atoms with Crippen LogP contribution >= 0.6 is 0 Å². The van der Waals surface area contributed by atoms with E-state index in [4.69, 9.17) is 9.47 Å². The lowest BCUT2D eigenvalue weighted by Gasteiger charge is -2.40. The topological polar surface area (TPSA) is 154 Å². The maximum Gasteiger partial charge on any atom is 0.229 e. The zero-order valence-electron chi connectivity index (χ0n) is 18.0. The first-order chi connectivity index (χ1) is 16.2. The lowest BCUT2D eigenvalue weighted by molar-refractivity contribution is -0.277. The van der Waals surface area contributed by atoms with Crippen LogP contribution in [-0.4, -0.2) is 74.4 Å². The zero-order valence-corrected chi connectivity index (χ0v) is 18.0. The van der Waals surface area contributed by atoms with Gasteiger partial charge >= 0.3 is 0 Å². The molecule has 3 aromatic rings. The SMILES string of the molecule is Cc1cc(O)c2c(c1)C(=O)c1c(c(OC3OC(CO)C(O)C(O)C3O)cc3ccccc13)C2=O. The van der Waals surface area contributed by atoms with Crippen LogP contribution in [0, 0.1) is 6.92 Å². The van der Waals surface area contributed by atoms with Crippen LogP contribution in [0.3, 0.4) is 0 Å². The average molecular weight is 466 g/mol. The molecule has 1 saturated heterocycles. The Kier molecular flexibility index (Phi) is 5.38. The van der Waals surface area contributed by atoms with Gasteiger partial charge in [-0.25, -0.2) is 0 Å². The van der Waals surface area contributed by atoms with E-state index in [0.29, 0.717) is 16.3 Å². The van der Waals surface area contributed by atoms with Crippen LogP contribution in [0.15, 0.2) is 42.5 Å². The van der Waals surface area contributed by atoms with Crippen molar-refractivity contribution >= 4 is 22.3 Å². The number of aromatic hydroxyl groups is 1. The van der Waals surface area contributed by atoms with E-state index in [0.717, 1.165) is 0 Å². The molecule has 0 amide bonds. The molecule has 0 radical (unpaired) electrons. The Morgan fingerprint density at radius 2 is 1.65 bits per heavy atom. The molecular formula is C25H22O9. The first-order valence-electron chi connectivity index (χ1n) is 10.7.